The Morgan fingerprint density at radius 3 is 2.61 bits per heavy atom. The van der Waals surface area contributed by atoms with Gasteiger partial charge < -0.3 is 15.0 Å². The molecular formula is C23H27FN4O3S2. The minimum atomic E-state index is -0.531. The smallest absolute Gasteiger partial charge is 0.414 e. The fourth-order valence-electron chi connectivity index (χ4n) is 3.76. The molecule has 0 aliphatic carbocycles. The molecule has 1 N–H and O–H groups in total. The van der Waals surface area contributed by atoms with E-state index in [0.29, 0.717) is 11.4 Å². The van der Waals surface area contributed by atoms with Crippen molar-refractivity contribution < 1.29 is 18.7 Å². The summed E-state index contributed by atoms with van der Waals surface area (Å²) in [5, 5.41) is 2.64. The van der Waals surface area contributed by atoms with Crippen molar-refractivity contribution in [2.75, 3.05) is 49.1 Å². The van der Waals surface area contributed by atoms with Crippen LogP contribution in [0.15, 0.2) is 48.5 Å². The van der Waals surface area contributed by atoms with Gasteiger partial charge in [-0.25, -0.2) is 13.5 Å². The molecule has 2 aromatic carbocycles. The lowest BCUT2D eigenvalue weighted by atomic mass is 10.2. The highest BCUT2D eigenvalue weighted by atomic mass is 33.1. The van der Waals surface area contributed by atoms with Crippen molar-refractivity contribution in [2.45, 2.75) is 18.8 Å². The number of hydrogen-bond donors (Lipinski definition) is 1. The Balaban J connectivity index is 1.27. The number of carbonyl (C=O) groups is 2. The predicted octanol–water partition coefficient (Wildman–Crippen LogP) is 3.91. The summed E-state index contributed by atoms with van der Waals surface area (Å²) in [4.78, 5) is 26.7. The molecule has 2 heterocycles. The van der Waals surface area contributed by atoms with Crippen LogP contribution in [0.3, 0.4) is 0 Å². The summed E-state index contributed by atoms with van der Waals surface area (Å²) in [6, 6.07) is 15.2. The zero-order valence-corrected chi connectivity index (χ0v) is 20.0. The summed E-state index contributed by atoms with van der Waals surface area (Å²) in [6.45, 7) is 5.08. The van der Waals surface area contributed by atoms with Gasteiger partial charge in [-0.15, -0.1) is 0 Å². The topological polar surface area (TPSA) is 65.1 Å². The molecule has 2 saturated heterocycles. The second-order valence-corrected chi connectivity index (χ2v) is 10.3. The number of ether oxygens (including phenoxy) is 1. The van der Waals surface area contributed by atoms with Gasteiger partial charge in [0.05, 0.1) is 24.5 Å². The van der Waals surface area contributed by atoms with Crippen LogP contribution >= 0.6 is 21.8 Å². The quantitative estimate of drug-likeness (QED) is 0.445. The fourth-order valence-corrected chi connectivity index (χ4v) is 6.07. The van der Waals surface area contributed by atoms with Gasteiger partial charge in [0.15, 0.2) is 0 Å². The molecule has 7 nitrogen and oxygen atoms in total. The van der Waals surface area contributed by atoms with Crippen LogP contribution in [0, 0.1) is 5.82 Å². The lowest BCUT2D eigenvalue weighted by Crippen LogP contribution is -2.43. The summed E-state index contributed by atoms with van der Waals surface area (Å²) in [7, 11) is 3.58. The number of halogens is 1. The first-order chi connectivity index (χ1) is 16.0. The van der Waals surface area contributed by atoms with E-state index in [-0.39, 0.29) is 24.8 Å². The average molecular weight is 491 g/mol. The van der Waals surface area contributed by atoms with E-state index >= 15 is 0 Å². The maximum atomic E-state index is 15.0. The molecule has 176 valence electrons. The Hall–Kier alpha value is -2.43. The Labute approximate surface area is 201 Å². The molecule has 2 aromatic rings. The monoisotopic (exact) mass is 490 g/mol. The van der Waals surface area contributed by atoms with E-state index in [2.05, 4.69) is 33.9 Å². The van der Waals surface area contributed by atoms with Crippen LogP contribution in [-0.2, 0) is 15.3 Å². The number of nitrogens with one attached hydrogen (secondary N) is 1. The van der Waals surface area contributed by atoms with Gasteiger partial charge in [-0.05, 0) is 34.7 Å². The number of carbonyl (C=O) groups excluding carboxylic acids is 2. The normalized spacial score (nSPS) is 19.0. The highest BCUT2D eigenvalue weighted by Crippen LogP contribution is 2.32. The zero-order chi connectivity index (χ0) is 23.2. The van der Waals surface area contributed by atoms with Gasteiger partial charge in [0, 0.05) is 38.9 Å². The third-order valence-electron chi connectivity index (χ3n) is 5.50. The van der Waals surface area contributed by atoms with E-state index < -0.39 is 12.2 Å². The van der Waals surface area contributed by atoms with Crippen LogP contribution < -0.4 is 15.1 Å². The average Bonchev–Trinajstić information content (AvgIpc) is 3.19. The second-order valence-electron chi connectivity index (χ2n) is 7.93. The number of cyclic esters (lactones) is 1. The maximum absolute atomic E-state index is 15.0. The summed E-state index contributed by atoms with van der Waals surface area (Å²) in [5.74, 6) is 0.408. The third-order valence-corrected chi connectivity index (χ3v) is 7.94. The van der Waals surface area contributed by atoms with Crippen molar-refractivity contribution in [3.05, 3.63) is 59.9 Å². The van der Waals surface area contributed by atoms with Crippen molar-refractivity contribution in [3.63, 3.8) is 0 Å². The molecule has 0 unspecified atom stereocenters. The largest absolute Gasteiger partial charge is 0.442 e. The fraction of sp³-hybridized carbons (Fsp3) is 0.391. The van der Waals surface area contributed by atoms with Gasteiger partial charge in [0.1, 0.15) is 11.9 Å². The molecule has 1 atom stereocenters. The van der Waals surface area contributed by atoms with Crippen molar-refractivity contribution in [1.82, 2.24) is 9.62 Å². The number of anilines is 2. The lowest BCUT2D eigenvalue weighted by Gasteiger charge is -2.35. The molecule has 2 fully saturated rings. The number of benzene rings is 2. The van der Waals surface area contributed by atoms with Crippen molar-refractivity contribution >= 4 is 45.1 Å². The minimum Gasteiger partial charge on any atom is -0.442 e. The van der Waals surface area contributed by atoms with E-state index in [4.69, 9.17) is 4.74 Å². The first-order valence-corrected chi connectivity index (χ1v) is 13.1. The summed E-state index contributed by atoms with van der Waals surface area (Å²) in [5.41, 5.74) is 2.31. The van der Waals surface area contributed by atoms with Gasteiger partial charge >= 0.3 is 6.09 Å². The van der Waals surface area contributed by atoms with E-state index in [9.17, 15) is 14.0 Å². The van der Waals surface area contributed by atoms with Gasteiger partial charge in [0.25, 0.3) is 0 Å². The first-order valence-electron chi connectivity index (χ1n) is 10.8. The van der Waals surface area contributed by atoms with Crippen LogP contribution in [0.25, 0.3) is 0 Å². The molecular weight excluding hydrogens is 463 g/mol. The van der Waals surface area contributed by atoms with E-state index in [1.807, 2.05) is 21.8 Å². The number of amides is 2. The van der Waals surface area contributed by atoms with Crippen LogP contribution in [-0.4, -0.2) is 61.7 Å². The third kappa shape index (κ3) is 6.33. The maximum Gasteiger partial charge on any atom is 0.414 e. The lowest BCUT2D eigenvalue weighted by molar-refractivity contribution is -0.119. The standard InChI is InChI=1S/C23H27FN4O3S2/c1-17(29)25-14-20-15-28(23(30)31-20)19-7-8-22(21(24)13-19)26-9-11-27(12-10-26)33-32-16-18-5-3-2-4-6-18/h2-8,13,20H,9-12,14-16H2,1H3,(H,25,29)/t20-/m0/s1. The first kappa shape index (κ1) is 23.7. The molecule has 2 amide bonds. The molecule has 4 rings (SSSR count). The number of rotatable bonds is 8. The summed E-state index contributed by atoms with van der Waals surface area (Å²) < 4.78 is 22.5. The van der Waals surface area contributed by atoms with E-state index in [1.165, 1.54) is 23.5 Å². The second kappa shape index (κ2) is 11.1. The van der Waals surface area contributed by atoms with Gasteiger partial charge in [-0.2, -0.15) is 0 Å². The number of nitrogens with zero attached hydrogens (tertiary/aromatic N) is 3. The zero-order valence-electron chi connectivity index (χ0n) is 18.4. The molecule has 10 heteroatoms. The molecule has 33 heavy (non-hydrogen) atoms. The molecule has 0 bridgehead atoms. The Morgan fingerprint density at radius 2 is 1.91 bits per heavy atom. The summed E-state index contributed by atoms with van der Waals surface area (Å²) in [6.07, 6.45) is -0.981. The van der Waals surface area contributed by atoms with E-state index in [0.717, 1.165) is 31.9 Å². The number of hydrogen-bond acceptors (Lipinski definition) is 7. The van der Waals surface area contributed by atoms with Crippen molar-refractivity contribution in [1.29, 1.82) is 0 Å². The Morgan fingerprint density at radius 1 is 1.15 bits per heavy atom. The number of piperazine rings is 1. The van der Waals surface area contributed by atoms with E-state index in [1.54, 1.807) is 23.1 Å². The van der Waals surface area contributed by atoms with Crippen LogP contribution in [0.1, 0.15) is 12.5 Å². The highest BCUT2D eigenvalue weighted by molar-refractivity contribution is 8.75. The Kier molecular flexibility index (Phi) is 8.00. The molecule has 0 spiro atoms. The molecule has 0 radical (unpaired) electrons. The molecule has 2 aliphatic heterocycles. The highest BCUT2D eigenvalue weighted by Gasteiger charge is 2.33. The van der Waals surface area contributed by atoms with Crippen molar-refractivity contribution in [3.8, 4) is 0 Å². The summed E-state index contributed by atoms with van der Waals surface area (Å²) >= 11 is 0. The van der Waals surface area contributed by atoms with Crippen LogP contribution in [0.2, 0.25) is 0 Å². The Bertz CT molecular complexity index is 973. The molecule has 0 saturated carbocycles. The SMILES string of the molecule is CC(=O)NC[C@H]1CN(c2ccc(N3CCN(SSCc4ccccc4)CC3)c(F)c2)C(=O)O1. The predicted molar refractivity (Wildman–Crippen MR) is 132 cm³/mol. The van der Waals surface area contributed by atoms with Crippen molar-refractivity contribution in [2.24, 2.45) is 0 Å². The van der Waals surface area contributed by atoms with Gasteiger partial charge in [-0.1, -0.05) is 41.1 Å². The van der Waals surface area contributed by atoms with Crippen LogP contribution in [0.5, 0.6) is 0 Å². The molecule has 0 aromatic heterocycles. The van der Waals surface area contributed by atoms with Gasteiger partial charge in [-0.3, -0.25) is 9.69 Å². The minimum absolute atomic E-state index is 0.187. The molecule has 2 aliphatic rings. The van der Waals surface area contributed by atoms with Crippen LogP contribution in [0.4, 0.5) is 20.6 Å². The van der Waals surface area contributed by atoms with Gasteiger partial charge in [0.2, 0.25) is 5.91 Å².